The number of nitrogens with zero attached hydrogens (tertiary/aromatic N) is 1. The standard InChI is InChI=1S/C15H15ClF3NO2/c16-11-8-20(12-2-1-3-13(12)21)22-14(11)9-4-6-10(7-5-9)15(17,18)19/h4-7,12-13,21H,1-3,8H2/t12-,13+/m1/s1. The van der Waals surface area contributed by atoms with E-state index in [1.807, 2.05) is 0 Å². The molecule has 1 saturated carbocycles. The molecule has 2 atom stereocenters. The Hall–Kier alpha value is -1.24. The summed E-state index contributed by atoms with van der Waals surface area (Å²) in [5, 5.41) is 12.0. The van der Waals surface area contributed by atoms with E-state index in [4.69, 9.17) is 16.4 Å². The highest BCUT2D eigenvalue weighted by atomic mass is 35.5. The van der Waals surface area contributed by atoms with E-state index in [9.17, 15) is 18.3 Å². The lowest BCUT2D eigenvalue weighted by molar-refractivity contribution is -0.137. The molecule has 22 heavy (non-hydrogen) atoms. The summed E-state index contributed by atoms with van der Waals surface area (Å²) in [5.41, 5.74) is -0.220. The molecule has 1 aromatic carbocycles. The zero-order chi connectivity index (χ0) is 15.9. The Kier molecular flexibility index (Phi) is 4.09. The van der Waals surface area contributed by atoms with Crippen LogP contribution >= 0.6 is 11.6 Å². The minimum Gasteiger partial charge on any atom is -0.403 e. The lowest BCUT2D eigenvalue weighted by atomic mass is 10.1. The van der Waals surface area contributed by atoms with Gasteiger partial charge in [-0.05, 0) is 31.4 Å². The second-order valence-corrected chi connectivity index (χ2v) is 6.00. The first kappa shape index (κ1) is 15.6. The van der Waals surface area contributed by atoms with E-state index in [0.29, 0.717) is 22.9 Å². The van der Waals surface area contributed by atoms with Crippen LogP contribution in [-0.4, -0.2) is 28.9 Å². The molecule has 120 valence electrons. The zero-order valence-corrected chi connectivity index (χ0v) is 12.4. The molecule has 0 bridgehead atoms. The van der Waals surface area contributed by atoms with Gasteiger partial charge in [-0.2, -0.15) is 13.2 Å². The van der Waals surface area contributed by atoms with Gasteiger partial charge in [-0.3, -0.25) is 0 Å². The van der Waals surface area contributed by atoms with Crippen molar-refractivity contribution in [1.29, 1.82) is 0 Å². The van der Waals surface area contributed by atoms with Gasteiger partial charge in [0.2, 0.25) is 0 Å². The minimum absolute atomic E-state index is 0.124. The van der Waals surface area contributed by atoms with E-state index < -0.39 is 17.8 Å². The van der Waals surface area contributed by atoms with Gasteiger partial charge in [-0.25, -0.2) is 0 Å². The number of hydroxylamine groups is 2. The average molecular weight is 334 g/mol. The third kappa shape index (κ3) is 2.95. The Morgan fingerprint density at radius 2 is 1.86 bits per heavy atom. The van der Waals surface area contributed by atoms with Crippen LogP contribution in [0.15, 0.2) is 29.3 Å². The van der Waals surface area contributed by atoms with Crippen LogP contribution in [0, 0.1) is 0 Å². The summed E-state index contributed by atoms with van der Waals surface area (Å²) >= 11 is 6.17. The quantitative estimate of drug-likeness (QED) is 0.894. The number of aliphatic hydroxyl groups is 1. The highest BCUT2D eigenvalue weighted by molar-refractivity contribution is 6.32. The molecule has 3 rings (SSSR count). The van der Waals surface area contributed by atoms with Gasteiger partial charge in [0, 0.05) is 5.56 Å². The van der Waals surface area contributed by atoms with E-state index in [-0.39, 0.29) is 6.04 Å². The maximum atomic E-state index is 12.6. The number of benzene rings is 1. The van der Waals surface area contributed by atoms with E-state index in [0.717, 1.165) is 31.4 Å². The van der Waals surface area contributed by atoms with Gasteiger partial charge in [0.05, 0.1) is 29.3 Å². The van der Waals surface area contributed by atoms with Crippen molar-refractivity contribution in [2.24, 2.45) is 0 Å². The van der Waals surface area contributed by atoms with Crippen molar-refractivity contribution in [2.75, 3.05) is 6.54 Å². The number of aliphatic hydroxyl groups excluding tert-OH is 1. The number of halogens is 4. The molecule has 0 spiro atoms. The van der Waals surface area contributed by atoms with Gasteiger partial charge in [-0.15, -0.1) is 5.06 Å². The van der Waals surface area contributed by atoms with Crippen LogP contribution < -0.4 is 0 Å². The SMILES string of the molecule is O[C@H]1CCC[C@H]1N1CC(Cl)=C(c2ccc(C(F)(F)F)cc2)O1. The van der Waals surface area contributed by atoms with Gasteiger partial charge in [0.15, 0.2) is 5.76 Å². The van der Waals surface area contributed by atoms with Crippen LogP contribution in [-0.2, 0) is 11.0 Å². The van der Waals surface area contributed by atoms with E-state index in [1.54, 1.807) is 5.06 Å². The van der Waals surface area contributed by atoms with E-state index >= 15 is 0 Å². The summed E-state index contributed by atoms with van der Waals surface area (Å²) < 4.78 is 37.7. The van der Waals surface area contributed by atoms with Crippen molar-refractivity contribution >= 4 is 17.4 Å². The van der Waals surface area contributed by atoms with Crippen molar-refractivity contribution in [3.05, 3.63) is 40.4 Å². The van der Waals surface area contributed by atoms with Gasteiger partial charge in [0.1, 0.15) is 0 Å². The molecule has 7 heteroatoms. The number of alkyl halides is 3. The lowest BCUT2D eigenvalue weighted by Gasteiger charge is -2.25. The fourth-order valence-corrected chi connectivity index (χ4v) is 3.13. The highest BCUT2D eigenvalue weighted by Gasteiger charge is 2.37. The molecular formula is C15H15ClF3NO2. The highest BCUT2D eigenvalue weighted by Crippen LogP contribution is 2.37. The Morgan fingerprint density at radius 3 is 2.41 bits per heavy atom. The predicted molar refractivity (Wildman–Crippen MR) is 75.7 cm³/mol. The first-order chi connectivity index (χ1) is 10.4. The van der Waals surface area contributed by atoms with Gasteiger partial charge < -0.3 is 9.94 Å². The van der Waals surface area contributed by atoms with Crippen LogP contribution in [0.25, 0.3) is 5.76 Å². The van der Waals surface area contributed by atoms with Crippen LogP contribution in [0.5, 0.6) is 0 Å². The summed E-state index contributed by atoms with van der Waals surface area (Å²) in [6.07, 6.45) is -2.38. The normalized spacial score (nSPS) is 26.6. The van der Waals surface area contributed by atoms with Crippen molar-refractivity contribution in [2.45, 2.75) is 37.6 Å². The summed E-state index contributed by atoms with van der Waals surface area (Å²) in [5.74, 6) is 0.356. The number of rotatable bonds is 2. The Balaban J connectivity index is 1.76. The largest absolute Gasteiger partial charge is 0.416 e. The van der Waals surface area contributed by atoms with Crippen LogP contribution in [0.1, 0.15) is 30.4 Å². The maximum Gasteiger partial charge on any atom is 0.416 e. The second-order valence-electron chi connectivity index (χ2n) is 5.54. The summed E-state index contributed by atoms with van der Waals surface area (Å²) in [4.78, 5) is 5.68. The second kappa shape index (κ2) is 5.76. The van der Waals surface area contributed by atoms with Crippen LogP contribution in [0.4, 0.5) is 13.2 Å². The number of hydrogen-bond donors (Lipinski definition) is 1. The smallest absolute Gasteiger partial charge is 0.403 e. The van der Waals surface area contributed by atoms with Crippen molar-refractivity contribution < 1.29 is 23.1 Å². The molecule has 0 unspecified atom stereocenters. The van der Waals surface area contributed by atoms with Crippen molar-refractivity contribution in [3.8, 4) is 0 Å². The predicted octanol–water partition coefficient (Wildman–Crippen LogP) is 3.77. The summed E-state index contributed by atoms with van der Waals surface area (Å²) in [7, 11) is 0. The summed E-state index contributed by atoms with van der Waals surface area (Å²) in [6, 6.07) is 4.57. The topological polar surface area (TPSA) is 32.7 Å². The molecule has 1 heterocycles. The Morgan fingerprint density at radius 1 is 1.18 bits per heavy atom. The monoisotopic (exact) mass is 333 g/mol. The molecular weight excluding hydrogens is 319 g/mol. The minimum atomic E-state index is -4.37. The first-order valence-electron chi connectivity index (χ1n) is 7.05. The third-order valence-corrected chi connectivity index (χ3v) is 4.33. The maximum absolute atomic E-state index is 12.6. The Labute approximate surface area is 130 Å². The molecule has 3 nitrogen and oxygen atoms in total. The fraction of sp³-hybridized carbons (Fsp3) is 0.467. The van der Waals surface area contributed by atoms with Gasteiger partial charge in [0.25, 0.3) is 0 Å². The van der Waals surface area contributed by atoms with E-state index in [2.05, 4.69) is 0 Å². The first-order valence-corrected chi connectivity index (χ1v) is 7.43. The number of hydrogen-bond acceptors (Lipinski definition) is 3. The van der Waals surface area contributed by atoms with E-state index in [1.165, 1.54) is 12.1 Å². The molecule has 0 radical (unpaired) electrons. The molecule has 0 aromatic heterocycles. The third-order valence-electron chi connectivity index (χ3n) is 4.04. The zero-order valence-electron chi connectivity index (χ0n) is 11.6. The molecule has 1 N–H and O–H groups in total. The fourth-order valence-electron chi connectivity index (χ4n) is 2.87. The average Bonchev–Trinajstić information content (AvgIpc) is 3.04. The van der Waals surface area contributed by atoms with Crippen molar-refractivity contribution in [1.82, 2.24) is 5.06 Å². The molecule has 1 aromatic rings. The molecule has 1 aliphatic heterocycles. The molecule has 0 amide bonds. The molecule has 1 aliphatic carbocycles. The molecule has 0 saturated heterocycles. The lowest BCUT2D eigenvalue weighted by Crippen LogP contribution is -2.38. The van der Waals surface area contributed by atoms with Crippen LogP contribution in [0.2, 0.25) is 0 Å². The van der Waals surface area contributed by atoms with Gasteiger partial charge in [-0.1, -0.05) is 23.7 Å². The van der Waals surface area contributed by atoms with Gasteiger partial charge >= 0.3 is 6.18 Å². The molecule has 2 aliphatic rings. The Bertz CT molecular complexity index is 585. The van der Waals surface area contributed by atoms with Crippen LogP contribution in [0.3, 0.4) is 0 Å². The molecule has 1 fully saturated rings. The summed E-state index contributed by atoms with van der Waals surface area (Å²) in [6.45, 7) is 0.333. The van der Waals surface area contributed by atoms with Crippen molar-refractivity contribution in [3.63, 3.8) is 0 Å².